The molecule has 12 nitrogen and oxygen atoms in total. The van der Waals surface area contributed by atoms with Crippen LogP contribution in [0.2, 0.25) is 0 Å². The van der Waals surface area contributed by atoms with E-state index in [4.69, 9.17) is 9.26 Å². The van der Waals surface area contributed by atoms with Gasteiger partial charge in [0.25, 0.3) is 5.56 Å². The Hall–Kier alpha value is -1.80. The highest BCUT2D eigenvalue weighted by atomic mass is 32.5. The number of rotatable bonds is 6. The van der Waals surface area contributed by atoms with Gasteiger partial charge < -0.3 is 19.6 Å². The van der Waals surface area contributed by atoms with Crippen molar-refractivity contribution in [2.45, 2.75) is 38.5 Å². The molecule has 1 aliphatic rings. The summed E-state index contributed by atoms with van der Waals surface area (Å²) in [7, 11) is 0. The Kier molecular flexibility index (Phi) is 6.15. The number of nitrogens with zero attached hydrogens (tertiary/aromatic N) is 3. The Labute approximate surface area is 167 Å². The SMILES string of the molecule is CC(C)C(=O)Nc1nc2c(ncn2[C@@H]2O[C@H](CO)[C@@H](F)[C@H]2OP(O)(O)=S)c(=O)[nH]1. The minimum absolute atomic E-state index is 0.0821. The monoisotopic (exact) mass is 451 g/mol. The molecule has 1 saturated heterocycles. The maximum atomic E-state index is 14.6. The summed E-state index contributed by atoms with van der Waals surface area (Å²) in [6.07, 6.45) is -5.15. The second kappa shape index (κ2) is 8.14. The van der Waals surface area contributed by atoms with Crippen LogP contribution in [0.3, 0.4) is 0 Å². The number of fused-ring (bicyclic) bond motifs is 1. The number of H-pyrrole nitrogens is 1. The number of aliphatic hydroxyl groups is 1. The minimum atomic E-state index is -4.29. The van der Waals surface area contributed by atoms with E-state index in [0.717, 1.165) is 10.9 Å². The third-order valence-corrected chi connectivity index (χ3v) is 4.95. The van der Waals surface area contributed by atoms with Crippen LogP contribution < -0.4 is 10.9 Å². The number of ether oxygens (including phenoxy) is 1. The second-order valence-corrected chi connectivity index (χ2v) is 9.25. The molecule has 15 heteroatoms. The summed E-state index contributed by atoms with van der Waals surface area (Å²) < 4.78 is 26.0. The average molecular weight is 451 g/mol. The van der Waals surface area contributed by atoms with Crippen molar-refractivity contribution in [3.8, 4) is 0 Å². The van der Waals surface area contributed by atoms with Crippen molar-refractivity contribution in [3.63, 3.8) is 0 Å². The zero-order chi connectivity index (χ0) is 21.5. The van der Waals surface area contributed by atoms with Gasteiger partial charge in [0.1, 0.15) is 12.2 Å². The zero-order valence-electron chi connectivity index (χ0n) is 15.2. The molecule has 0 aliphatic carbocycles. The fourth-order valence-electron chi connectivity index (χ4n) is 2.77. The quantitative estimate of drug-likeness (QED) is 0.362. The molecule has 2 aromatic rings. The standard InChI is InChI=1S/C14H19FN5O7PS/c1-5(2)11(22)18-14-17-10-8(12(23)19-14)16-4-20(10)13-9(27-28(24,25)29)7(15)6(3-21)26-13/h4-7,9,13,21H,3H2,1-2H3,(H2,24,25,29)(H2,17,18,19,22,23)/t6-,7-,9-,13-/m1/s1. The molecule has 1 amide bonds. The molecule has 4 atom stereocenters. The highest BCUT2D eigenvalue weighted by molar-refractivity contribution is 8.06. The Morgan fingerprint density at radius 2 is 2.24 bits per heavy atom. The van der Waals surface area contributed by atoms with E-state index in [-0.39, 0.29) is 23.0 Å². The first kappa shape index (κ1) is 21.9. The number of aromatic nitrogens is 4. The number of hydrogen-bond donors (Lipinski definition) is 5. The number of aromatic amines is 1. The molecule has 0 radical (unpaired) electrons. The first-order valence-electron chi connectivity index (χ1n) is 8.44. The number of aliphatic hydroxyl groups excluding tert-OH is 1. The molecule has 0 bridgehead atoms. The van der Waals surface area contributed by atoms with Crippen molar-refractivity contribution >= 4 is 41.5 Å². The van der Waals surface area contributed by atoms with E-state index < -0.39 is 49.4 Å². The van der Waals surface area contributed by atoms with Crippen molar-refractivity contribution in [1.29, 1.82) is 0 Å². The van der Waals surface area contributed by atoms with Gasteiger partial charge in [-0.3, -0.25) is 29.0 Å². The molecule has 3 heterocycles. The Morgan fingerprint density at radius 3 is 2.83 bits per heavy atom. The average Bonchev–Trinajstić information content (AvgIpc) is 3.16. The van der Waals surface area contributed by atoms with Crippen LogP contribution in [-0.4, -0.2) is 65.3 Å². The van der Waals surface area contributed by atoms with Crippen LogP contribution >= 0.6 is 6.72 Å². The fraction of sp³-hybridized carbons (Fsp3) is 0.571. The summed E-state index contributed by atoms with van der Waals surface area (Å²) in [5.74, 6) is -0.946. The first-order valence-corrected chi connectivity index (χ1v) is 11.1. The van der Waals surface area contributed by atoms with E-state index in [9.17, 15) is 28.9 Å². The van der Waals surface area contributed by atoms with Crippen LogP contribution in [0.4, 0.5) is 10.3 Å². The molecular weight excluding hydrogens is 432 g/mol. The summed E-state index contributed by atoms with van der Waals surface area (Å²) in [6.45, 7) is -1.70. The van der Waals surface area contributed by atoms with Gasteiger partial charge in [0.2, 0.25) is 11.9 Å². The Balaban J connectivity index is 2.05. The molecule has 1 fully saturated rings. The summed E-state index contributed by atoms with van der Waals surface area (Å²) in [5, 5.41) is 11.8. The molecule has 160 valence electrons. The lowest BCUT2D eigenvalue weighted by molar-refractivity contribution is -0.118. The molecular formula is C14H19FN5O7PS. The van der Waals surface area contributed by atoms with Gasteiger partial charge >= 0.3 is 6.72 Å². The van der Waals surface area contributed by atoms with Crippen molar-refractivity contribution < 1.29 is 33.3 Å². The van der Waals surface area contributed by atoms with Gasteiger partial charge in [-0.2, -0.15) is 4.98 Å². The van der Waals surface area contributed by atoms with Gasteiger partial charge in [-0.25, -0.2) is 9.37 Å². The summed E-state index contributed by atoms with van der Waals surface area (Å²) in [6, 6.07) is 0. The number of alkyl halides is 1. The molecule has 0 saturated carbocycles. The second-order valence-electron chi connectivity index (χ2n) is 6.64. The van der Waals surface area contributed by atoms with E-state index >= 15 is 0 Å². The number of halogens is 1. The van der Waals surface area contributed by atoms with E-state index in [1.807, 2.05) is 0 Å². The molecule has 3 rings (SSSR count). The minimum Gasteiger partial charge on any atom is -0.394 e. The van der Waals surface area contributed by atoms with Crippen molar-refractivity contribution in [3.05, 3.63) is 16.7 Å². The first-order chi connectivity index (χ1) is 13.5. The maximum Gasteiger partial charge on any atom is 0.322 e. The van der Waals surface area contributed by atoms with Crippen LogP contribution in [0.5, 0.6) is 0 Å². The lowest BCUT2D eigenvalue weighted by Crippen LogP contribution is -2.31. The van der Waals surface area contributed by atoms with Gasteiger partial charge in [-0.05, 0) is 11.8 Å². The van der Waals surface area contributed by atoms with Gasteiger partial charge in [0, 0.05) is 5.92 Å². The van der Waals surface area contributed by atoms with Crippen molar-refractivity contribution in [1.82, 2.24) is 19.5 Å². The Bertz CT molecular complexity index is 1020. The third kappa shape index (κ3) is 4.53. The highest BCUT2D eigenvalue weighted by Crippen LogP contribution is 2.46. The van der Waals surface area contributed by atoms with E-state index in [2.05, 4.69) is 32.1 Å². The Morgan fingerprint density at radius 1 is 1.55 bits per heavy atom. The summed E-state index contributed by atoms with van der Waals surface area (Å²) in [4.78, 5) is 53.5. The number of carbonyl (C=O) groups is 1. The van der Waals surface area contributed by atoms with E-state index in [0.29, 0.717) is 0 Å². The van der Waals surface area contributed by atoms with Gasteiger partial charge in [-0.1, -0.05) is 13.8 Å². The van der Waals surface area contributed by atoms with Crippen molar-refractivity contribution in [2.24, 2.45) is 5.92 Å². The van der Waals surface area contributed by atoms with Gasteiger partial charge in [0.05, 0.1) is 12.9 Å². The lowest BCUT2D eigenvalue weighted by Gasteiger charge is -2.22. The summed E-state index contributed by atoms with van der Waals surface area (Å²) >= 11 is 4.41. The molecule has 0 aromatic carbocycles. The van der Waals surface area contributed by atoms with Crippen LogP contribution in [0.1, 0.15) is 20.1 Å². The highest BCUT2D eigenvalue weighted by Gasteiger charge is 2.49. The zero-order valence-corrected chi connectivity index (χ0v) is 16.9. The van der Waals surface area contributed by atoms with Crippen molar-refractivity contribution in [2.75, 3.05) is 11.9 Å². The predicted octanol–water partition coefficient (Wildman–Crippen LogP) is -0.464. The van der Waals surface area contributed by atoms with Crippen LogP contribution in [0.25, 0.3) is 11.2 Å². The van der Waals surface area contributed by atoms with Gasteiger partial charge in [0.15, 0.2) is 23.6 Å². The number of amides is 1. The number of hydrogen-bond acceptors (Lipinski definition) is 8. The fourth-order valence-corrected chi connectivity index (χ4v) is 3.60. The van der Waals surface area contributed by atoms with Crippen LogP contribution in [0.15, 0.2) is 11.1 Å². The van der Waals surface area contributed by atoms with Crippen LogP contribution in [0, 0.1) is 5.92 Å². The smallest absolute Gasteiger partial charge is 0.322 e. The van der Waals surface area contributed by atoms with Gasteiger partial charge in [-0.15, -0.1) is 0 Å². The van der Waals surface area contributed by atoms with Crippen LogP contribution in [-0.2, 0) is 25.9 Å². The largest absolute Gasteiger partial charge is 0.394 e. The number of nitrogens with one attached hydrogen (secondary N) is 2. The molecule has 5 N–H and O–H groups in total. The van der Waals surface area contributed by atoms with E-state index in [1.165, 1.54) is 0 Å². The number of carbonyl (C=O) groups excluding carboxylic acids is 1. The molecule has 1 aliphatic heterocycles. The summed E-state index contributed by atoms with van der Waals surface area (Å²) in [5.41, 5.74) is -0.889. The van der Waals surface area contributed by atoms with E-state index in [1.54, 1.807) is 13.8 Å². The number of imidazole rings is 1. The molecule has 29 heavy (non-hydrogen) atoms. The third-order valence-electron chi connectivity index (χ3n) is 4.18. The maximum absolute atomic E-state index is 14.6. The molecule has 0 unspecified atom stereocenters. The molecule has 2 aromatic heterocycles. The molecule has 0 spiro atoms. The lowest BCUT2D eigenvalue weighted by atomic mass is 10.1. The predicted molar refractivity (Wildman–Crippen MR) is 101 cm³/mol. The topological polar surface area (TPSA) is 172 Å². The number of anilines is 1. The normalized spacial score (nSPS) is 25.1.